The van der Waals surface area contributed by atoms with E-state index in [2.05, 4.69) is 9.71 Å². The molecule has 30 heavy (non-hydrogen) atoms. The summed E-state index contributed by atoms with van der Waals surface area (Å²) >= 11 is 0. The number of aromatic amines is 1. The Morgan fingerprint density at radius 1 is 1.13 bits per heavy atom. The van der Waals surface area contributed by atoms with Crippen molar-refractivity contribution in [1.82, 2.24) is 14.6 Å². The lowest BCUT2D eigenvalue weighted by atomic mass is 9.83. The van der Waals surface area contributed by atoms with Crippen molar-refractivity contribution in [3.8, 4) is 5.88 Å². The van der Waals surface area contributed by atoms with Crippen LogP contribution in [0, 0.1) is 0 Å². The molecule has 10 heteroatoms. The molecule has 1 saturated heterocycles. The molecule has 0 aromatic carbocycles. The third kappa shape index (κ3) is 4.87. The number of nitrogens with zero attached hydrogens (tertiary/aromatic N) is 1. The van der Waals surface area contributed by atoms with Crippen LogP contribution in [0.1, 0.15) is 50.0 Å². The van der Waals surface area contributed by atoms with Gasteiger partial charge in [-0.3, -0.25) is 14.6 Å². The highest BCUT2D eigenvalue weighted by atomic mass is 32.2. The molecular weight excluding hydrogens is 410 g/mol. The standard InChI is InChI=1S/C20H29N3O6S/c1-30(26,27)22-16-3-2-10-23-17(16)11-28-14-6-4-13(5-7-14)15-8-9-18(24)21-20(15)29-12-19(23)25/h8-9,13-14,16-17,22H,2-7,10-12H2,1H3,(H,21,24)/t13?,14?,16-,17?/m0/s1. The summed E-state index contributed by atoms with van der Waals surface area (Å²) in [6, 6.07) is 2.50. The Balaban J connectivity index is 1.63. The normalized spacial score (nSPS) is 30.3. The average Bonchev–Trinajstić information content (AvgIpc) is 2.71. The maximum Gasteiger partial charge on any atom is 0.260 e. The van der Waals surface area contributed by atoms with Crippen molar-refractivity contribution in [2.45, 2.75) is 62.6 Å². The van der Waals surface area contributed by atoms with Gasteiger partial charge < -0.3 is 14.4 Å². The Morgan fingerprint density at radius 3 is 2.63 bits per heavy atom. The van der Waals surface area contributed by atoms with E-state index in [1.54, 1.807) is 11.0 Å². The maximum absolute atomic E-state index is 13.0. The van der Waals surface area contributed by atoms with Gasteiger partial charge in [-0.2, -0.15) is 0 Å². The lowest BCUT2D eigenvalue weighted by molar-refractivity contribution is -0.140. The van der Waals surface area contributed by atoms with E-state index in [0.717, 1.165) is 37.5 Å². The van der Waals surface area contributed by atoms with Crippen molar-refractivity contribution in [3.63, 3.8) is 0 Å². The molecular formula is C20H29N3O6S. The number of sulfonamides is 1. The van der Waals surface area contributed by atoms with Gasteiger partial charge in [0.15, 0.2) is 12.5 Å². The van der Waals surface area contributed by atoms with Crippen LogP contribution in [-0.4, -0.2) is 68.4 Å². The van der Waals surface area contributed by atoms with Gasteiger partial charge in [-0.05, 0) is 50.5 Å². The van der Waals surface area contributed by atoms with Gasteiger partial charge in [0.05, 0.1) is 25.0 Å². The average molecular weight is 440 g/mol. The highest BCUT2D eigenvalue weighted by molar-refractivity contribution is 7.88. The van der Waals surface area contributed by atoms with Gasteiger partial charge in [0.1, 0.15) is 0 Å². The van der Waals surface area contributed by atoms with Crippen LogP contribution >= 0.6 is 0 Å². The summed E-state index contributed by atoms with van der Waals surface area (Å²) in [5, 5.41) is 0. The number of piperidine rings is 1. The van der Waals surface area contributed by atoms with Crippen LogP contribution in [0.25, 0.3) is 0 Å². The summed E-state index contributed by atoms with van der Waals surface area (Å²) in [6.07, 6.45) is 6.09. The van der Waals surface area contributed by atoms with Crippen molar-refractivity contribution in [2.24, 2.45) is 0 Å². The second-order valence-electron chi connectivity index (χ2n) is 8.50. The van der Waals surface area contributed by atoms with Crippen LogP contribution in [0.4, 0.5) is 0 Å². The number of carbonyl (C=O) groups excluding carboxylic acids is 1. The zero-order valence-corrected chi connectivity index (χ0v) is 17.9. The van der Waals surface area contributed by atoms with Crippen molar-refractivity contribution in [3.05, 3.63) is 28.0 Å². The molecule has 3 aliphatic heterocycles. The van der Waals surface area contributed by atoms with E-state index in [4.69, 9.17) is 9.47 Å². The number of H-pyrrole nitrogens is 1. The maximum atomic E-state index is 13.0. The minimum Gasteiger partial charge on any atom is -0.469 e. The zero-order valence-electron chi connectivity index (χ0n) is 17.1. The number of pyridine rings is 1. The van der Waals surface area contributed by atoms with Crippen LogP contribution in [0.2, 0.25) is 0 Å². The van der Waals surface area contributed by atoms with Crippen LogP contribution in [0.15, 0.2) is 16.9 Å². The lowest BCUT2D eigenvalue weighted by Crippen LogP contribution is -2.59. The van der Waals surface area contributed by atoms with E-state index in [1.807, 2.05) is 0 Å². The molecule has 4 heterocycles. The van der Waals surface area contributed by atoms with Gasteiger partial charge in [-0.1, -0.05) is 0 Å². The summed E-state index contributed by atoms with van der Waals surface area (Å²) in [5.74, 6) is 0.361. The minimum atomic E-state index is -3.42. The Morgan fingerprint density at radius 2 is 1.90 bits per heavy atom. The van der Waals surface area contributed by atoms with Gasteiger partial charge in [-0.25, -0.2) is 13.1 Å². The van der Waals surface area contributed by atoms with Crippen LogP contribution < -0.4 is 15.0 Å². The summed E-state index contributed by atoms with van der Waals surface area (Å²) in [5.41, 5.74) is 0.655. The summed E-state index contributed by atoms with van der Waals surface area (Å²) in [7, 11) is -3.42. The first-order valence-corrected chi connectivity index (χ1v) is 12.4. The number of amides is 1. The Kier molecular flexibility index (Phi) is 6.17. The second-order valence-corrected chi connectivity index (χ2v) is 10.3. The number of rotatable bonds is 2. The van der Waals surface area contributed by atoms with E-state index in [1.165, 1.54) is 6.07 Å². The van der Waals surface area contributed by atoms with Gasteiger partial charge in [0.2, 0.25) is 10.0 Å². The predicted octanol–water partition coefficient (Wildman–Crippen LogP) is 0.719. The van der Waals surface area contributed by atoms with Gasteiger partial charge in [0, 0.05) is 24.2 Å². The molecule has 2 fully saturated rings. The second kappa shape index (κ2) is 8.68. The Labute approximate surface area is 176 Å². The quantitative estimate of drug-likeness (QED) is 0.701. The summed E-state index contributed by atoms with van der Waals surface area (Å²) < 4.78 is 38.4. The third-order valence-corrected chi connectivity index (χ3v) is 7.07. The fourth-order valence-corrected chi connectivity index (χ4v) is 5.71. The van der Waals surface area contributed by atoms with Crippen molar-refractivity contribution >= 4 is 15.9 Å². The number of hydrogen-bond acceptors (Lipinski definition) is 6. The first-order valence-electron chi connectivity index (χ1n) is 10.5. The van der Waals surface area contributed by atoms with Crippen LogP contribution in [-0.2, 0) is 19.6 Å². The Hall–Kier alpha value is -1.91. The highest BCUT2D eigenvalue weighted by Crippen LogP contribution is 2.37. The first kappa shape index (κ1) is 21.3. The first-order chi connectivity index (χ1) is 14.3. The number of aromatic nitrogens is 1. The summed E-state index contributed by atoms with van der Waals surface area (Å²) in [4.78, 5) is 29.3. The van der Waals surface area contributed by atoms with Crippen molar-refractivity contribution in [1.29, 1.82) is 0 Å². The van der Waals surface area contributed by atoms with E-state index in [-0.39, 0.29) is 36.7 Å². The molecule has 5 rings (SSSR count). The molecule has 2 atom stereocenters. The smallest absolute Gasteiger partial charge is 0.260 e. The predicted molar refractivity (Wildman–Crippen MR) is 110 cm³/mol. The van der Waals surface area contributed by atoms with Crippen LogP contribution in [0.3, 0.4) is 0 Å². The van der Waals surface area contributed by atoms with Crippen molar-refractivity contribution in [2.75, 3.05) is 26.0 Å². The molecule has 9 nitrogen and oxygen atoms in total. The lowest BCUT2D eigenvalue weighted by Gasteiger charge is -2.41. The third-order valence-electron chi connectivity index (χ3n) is 6.33. The topological polar surface area (TPSA) is 118 Å². The molecule has 1 aromatic heterocycles. The van der Waals surface area contributed by atoms with E-state index in [0.29, 0.717) is 25.3 Å². The molecule has 0 spiro atoms. The van der Waals surface area contributed by atoms with Gasteiger partial charge >= 0.3 is 0 Å². The minimum absolute atomic E-state index is 0.0758. The molecule has 166 valence electrons. The molecule has 1 aromatic rings. The fraction of sp³-hybridized carbons (Fsp3) is 0.700. The molecule has 1 amide bonds. The molecule has 1 unspecified atom stereocenters. The molecule has 0 radical (unpaired) electrons. The monoisotopic (exact) mass is 439 g/mol. The van der Waals surface area contributed by atoms with E-state index >= 15 is 0 Å². The molecule has 1 saturated carbocycles. The van der Waals surface area contributed by atoms with Gasteiger partial charge in [-0.15, -0.1) is 0 Å². The number of hydrogen-bond donors (Lipinski definition) is 2. The van der Waals surface area contributed by atoms with Gasteiger partial charge in [0.25, 0.3) is 11.5 Å². The number of nitrogens with one attached hydrogen (secondary N) is 2. The number of fused-ring (bicyclic) bond motifs is 5. The van der Waals surface area contributed by atoms with E-state index in [9.17, 15) is 18.0 Å². The fourth-order valence-electron chi connectivity index (χ4n) is 4.88. The number of ether oxygens (including phenoxy) is 2. The number of carbonyl (C=O) groups is 1. The largest absolute Gasteiger partial charge is 0.469 e. The van der Waals surface area contributed by atoms with Crippen LogP contribution in [0.5, 0.6) is 5.88 Å². The zero-order chi connectivity index (χ0) is 21.3. The Bertz CT molecular complexity index is 938. The molecule has 1 aliphatic carbocycles. The molecule has 2 bridgehead atoms. The summed E-state index contributed by atoms with van der Waals surface area (Å²) in [6.45, 7) is 0.590. The highest BCUT2D eigenvalue weighted by Gasteiger charge is 2.37. The molecule has 4 aliphatic rings. The molecule has 2 N–H and O–H groups in total. The van der Waals surface area contributed by atoms with E-state index < -0.39 is 22.1 Å². The van der Waals surface area contributed by atoms with Crippen molar-refractivity contribution < 1.29 is 22.7 Å². The SMILES string of the molecule is CS(=O)(=O)N[C@H]1CCCN2C(=O)COc3[nH]c(=O)ccc3C3CCC(CC3)OCC12.